The molecule has 0 fully saturated rings. The van der Waals surface area contributed by atoms with Crippen molar-refractivity contribution in [1.82, 2.24) is 19.1 Å². The molecule has 0 radical (unpaired) electrons. The molecule has 0 atom stereocenters. The van der Waals surface area contributed by atoms with E-state index in [1.165, 1.54) is 0 Å². The van der Waals surface area contributed by atoms with Gasteiger partial charge < -0.3 is 0 Å². The Morgan fingerprint density at radius 1 is 0.411 bits per heavy atom. The summed E-state index contributed by atoms with van der Waals surface area (Å²) < 4.78 is 4.23. The summed E-state index contributed by atoms with van der Waals surface area (Å²) in [6.07, 6.45) is 1.81. The maximum absolute atomic E-state index is 10.1. The molecule has 4 heterocycles. The van der Waals surface area contributed by atoms with E-state index in [-0.39, 0.29) is 0 Å². The molecule has 0 N–H and O–H groups in total. The number of hydrogen-bond donors (Lipinski definition) is 0. The smallest absolute Gasteiger partial charge is 0.146 e. The van der Waals surface area contributed by atoms with Crippen molar-refractivity contribution in [1.29, 1.82) is 15.8 Å². The number of benzene rings is 6. The maximum Gasteiger partial charge on any atom is 0.146 e. The lowest BCUT2D eigenvalue weighted by molar-refractivity contribution is 1.00. The van der Waals surface area contributed by atoms with Gasteiger partial charge in [0, 0.05) is 33.3 Å². The van der Waals surface area contributed by atoms with Crippen molar-refractivity contribution < 1.29 is 0 Å². The molecule has 6 aromatic carbocycles. The average molecular weight is 714 g/mol. The van der Waals surface area contributed by atoms with E-state index in [1.54, 1.807) is 6.20 Å². The van der Waals surface area contributed by atoms with Gasteiger partial charge in [-0.15, -0.1) is 0 Å². The fraction of sp³-hybridized carbons (Fsp3) is 0. The van der Waals surface area contributed by atoms with Crippen LogP contribution >= 0.6 is 0 Å². The zero-order valence-corrected chi connectivity index (χ0v) is 29.7. The van der Waals surface area contributed by atoms with E-state index in [2.05, 4.69) is 81.9 Å². The fourth-order valence-electron chi connectivity index (χ4n) is 8.06. The summed E-state index contributed by atoms with van der Waals surface area (Å²) in [5, 5.41) is 33.6. The van der Waals surface area contributed by atoms with Gasteiger partial charge in [-0.05, 0) is 101 Å². The van der Waals surface area contributed by atoms with Crippen molar-refractivity contribution in [2.75, 3.05) is 0 Å². The molecule has 0 aliphatic rings. The number of aromatic nitrogens is 4. The van der Waals surface area contributed by atoms with Gasteiger partial charge in [0.1, 0.15) is 17.3 Å². The molecule has 258 valence electrons. The Balaban J connectivity index is 1.31. The lowest BCUT2D eigenvalue weighted by Crippen LogP contribution is -2.05. The normalized spacial score (nSPS) is 11.2. The Bertz CT molecular complexity index is 3240. The van der Waals surface area contributed by atoms with Gasteiger partial charge in [0.15, 0.2) is 0 Å². The molecule has 0 amide bonds. The first-order chi connectivity index (χ1) is 27.6. The first-order valence-corrected chi connectivity index (χ1v) is 18.1. The molecule has 0 aliphatic heterocycles. The lowest BCUT2D eigenvalue weighted by atomic mass is 9.88. The fourth-order valence-corrected chi connectivity index (χ4v) is 8.06. The molecule has 0 spiro atoms. The van der Waals surface area contributed by atoms with Crippen LogP contribution in [0.5, 0.6) is 0 Å². The Morgan fingerprint density at radius 3 is 1.59 bits per heavy atom. The van der Waals surface area contributed by atoms with Gasteiger partial charge in [-0.2, -0.15) is 15.8 Å². The molecule has 0 unspecified atom stereocenters. The summed E-state index contributed by atoms with van der Waals surface area (Å²) >= 11 is 0. The number of nitrogens with zero attached hydrogens (tertiary/aromatic N) is 7. The number of hydrogen-bond acceptors (Lipinski definition) is 5. The Morgan fingerprint density at radius 2 is 0.929 bits per heavy atom. The van der Waals surface area contributed by atoms with Crippen molar-refractivity contribution >= 4 is 43.7 Å². The van der Waals surface area contributed by atoms with Gasteiger partial charge >= 0.3 is 0 Å². The molecule has 10 rings (SSSR count). The minimum Gasteiger partial charge on any atom is -0.294 e. The zero-order chi connectivity index (χ0) is 37.8. The summed E-state index contributed by atoms with van der Waals surface area (Å²) in [5.74, 6) is 1.34. The van der Waals surface area contributed by atoms with Crippen LogP contribution in [0.3, 0.4) is 0 Å². The zero-order valence-electron chi connectivity index (χ0n) is 29.7. The molecule has 10 aromatic rings. The number of pyridine rings is 2. The van der Waals surface area contributed by atoms with Gasteiger partial charge in [-0.1, -0.05) is 84.9 Å². The Labute approximate surface area is 321 Å². The van der Waals surface area contributed by atoms with E-state index in [9.17, 15) is 15.8 Å². The second-order valence-electron chi connectivity index (χ2n) is 13.6. The van der Waals surface area contributed by atoms with Crippen LogP contribution in [0.25, 0.3) is 88.8 Å². The van der Waals surface area contributed by atoms with Crippen molar-refractivity contribution in [3.8, 4) is 63.2 Å². The van der Waals surface area contributed by atoms with Gasteiger partial charge in [0.05, 0.1) is 51.4 Å². The molecular formula is C49H27N7. The van der Waals surface area contributed by atoms with Crippen LogP contribution in [0.1, 0.15) is 16.7 Å². The number of para-hydroxylation sites is 1. The summed E-state index contributed by atoms with van der Waals surface area (Å²) in [6.45, 7) is 0. The molecule has 56 heavy (non-hydrogen) atoms. The summed E-state index contributed by atoms with van der Waals surface area (Å²) in [7, 11) is 0. The predicted molar refractivity (Wildman–Crippen MR) is 221 cm³/mol. The quantitative estimate of drug-likeness (QED) is 0.176. The third kappa shape index (κ3) is 5.03. The third-order valence-corrected chi connectivity index (χ3v) is 10.5. The average Bonchev–Trinajstić information content (AvgIpc) is 3.78. The first kappa shape index (κ1) is 32.3. The van der Waals surface area contributed by atoms with E-state index in [1.807, 2.05) is 103 Å². The summed E-state index contributed by atoms with van der Waals surface area (Å²) in [4.78, 5) is 10.3. The lowest BCUT2D eigenvalue weighted by Gasteiger charge is -2.18. The molecule has 0 saturated carbocycles. The topological polar surface area (TPSA) is 107 Å². The standard InChI is InChI=1S/C49H27N7/c50-28-31-19-21-45-42(24-31)43-25-32(29-51)20-22-46(43)55(45)47-26-34(27-48(54-47)56-44-18-8-7-16-40(44)41-17-9-23-53-49(41)56)36-12-3-4-14-38(36)39-15-6-5-13-37(39)35-11-2-1-10-33(35)30-52/h1-27H. The van der Waals surface area contributed by atoms with E-state index >= 15 is 0 Å². The molecule has 7 nitrogen and oxygen atoms in total. The molecular weight excluding hydrogens is 687 g/mol. The molecule has 0 saturated heterocycles. The highest BCUT2D eigenvalue weighted by molar-refractivity contribution is 6.10. The monoisotopic (exact) mass is 713 g/mol. The largest absolute Gasteiger partial charge is 0.294 e. The van der Waals surface area contributed by atoms with Crippen molar-refractivity contribution in [3.63, 3.8) is 0 Å². The second kappa shape index (κ2) is 13.0. The Hall–Kier alpha value is -8.31. The van der Waals surface area contributed by atoms with Crippen molar-refractivity contribution in [2.45, 2.75) is 0 Å². The highest BCUT2D eigenvalue weighted by Crippen LogP contribution is 2.41. The van der Waals surface area contributed by atoms with Crippen LogP contribution in [-0.2, 0) is 0 Å². The summed E-state index contributed by atoms with van der Waals surface area (Å²) in [6, 6.07) is 59.0. The van der Waals surface area contributed by atoms with E-state index in [4.69, 9.17) is 9.97 Å². The van der Waals surface area contributed by atoms with Crippen LogP contribution in [-0.4, -0.2) is 19.1 Å². The number of rotatable bonds is 5. The van der Waals surface area contributed by atoms with Crippen LogP contribution in [0, 0.1) is 34.0 Å². The molecule has 4 aromatic heterocycles. The van der Waals surface area contributed by atoms with E-state index < -0.39 is 0 Å². The van der Waals surface area contributed by atoms with Crippen LogP contribution in [0.15, 0.2) is 164 Å². The predicted octanol–water partition coefficient (Wildman–Crippen LogP) is 11.3. The number of fused-ring (bicyclic) bond motifs is 6. The molecule has 7 heteroatoms. The number of nitriles is 3. The SMILES string of the molecule is N#Cc1ccc2c(c1)c1cc(C#N)ccc1n2-c1cc(-c2ccccc2-c2ccccc2-c2ccccc2C#N)cc(-n2c3ccccc3c3cccnc32)n1. The van der Waals surface area contributed by atoms with E-state index in [0.717, 1.165) is 77.1 Å². The van der Waals surface area contributed by atoms with Gasteiger partial charge in [0.2, 0.25) is 0 Å². The van der Waals surface area contributed by atoms with Crippen LogP contribution < -0.4 is 0 Å². The van der Waals surface area contributed by atoms with Crippen LogP contribution in [0.2, 0.25) is 0 Å². The maximum atomic E-state index is 10.1. The molecule has 0 aliphatic carbocycles. The first-order valence-electron chi connectivity index (χ1n) is 18.1. The highest BCUT2D eigenvalue weighted by Gasteiger charge is 2.21. The summed E-state index contributed by atoms with van der Waals surface area (Å²) in [5.41, 5.74) is 10.9. The van der Waals surface area contributed by atoms with Gasteiger partial charge in [-0.3, -0.25) is 9.13 Å². The third-order valence-electron chi connectivity index (χ3n) is 10.5. The highest BCUT2D eigenvalue weighted by atomic mass is 15.2. The second-order valence-corrected chi connectivity index (χ2v) is 13.6. The van der Waals surface area contributed by atoms with E-state index in [0.29, 0.717) is 28.3 Å². The Kier molecular flexibility index (Phi) is 7.49. The van der Waals surface area contributed by atoms with Gasteiger partial charge in [-0.25, -0.2) is 9.97 Å². The minimum atomic E-state index is 0.531. The minimum absolute atomic E-state index is 0.531. The van der Waals surface area contributed by atoms with Crippen molar-refractivity contribution in [2.24, 2.45) is 0 Å². The van der Waals surface area contributed by atoms with Crippen molar-refractivity contribution in [3.05, 3.63) is 181 Å². The van der Waals surface area contributed by atoms with Crippen LogP contribution in [0.4, 0.5) is 0 Å². The molecule has 0 bridgehead atoms. The van der Waals surface area contributed by atoms with Gasteiger partial charge in [0.25, 0.3) is 0 Å².